The molecule has 0 saturated heterocycles. The molecule has 74 valence electrons. The van der Waals surface area contributed by atoms with Gasteiger partial charge in [0.2, 0.25) is 0 Å². The Hall–Kier alpha value is -0.870. The van der Waals surface area contributed by atoms with Crippen LogP contribution < -0.4 is 5.73 Å². The van der Waals surface area contributed by atoms with Crippen molar-refractivity contribution in [3.8, 4) is 0 Å². The molecule has 0 bridgehead atoms. The second-order valence-corrected chi connectivity index (χ2v) is 3.06. The SMILES string of the molecule is CCCc1nc(C)c(C(O)CN)o1. The van der Waals surface area contributed by atoms with E-state index in [1.165, 1.54) is 0 Å². The molecule has 0 amide bonds. The number of hydrogen-bond acceptors (Lipinski definition) is 4. The van der Waals surface area contributed by atoms with E-state index < -0.39 is 6.10 Å². The highest BCUT2D eigenvalue weighted by molar-refractivity contribution is 5.11. The van der Waals surface area contributed by atoms with E-state index in [0.29, 0.717) is 11.7 Å². The molecule has 1 rings (SSSR count). The molecule has 1 heterocycles. The molecular weight excluding hydrogens is 168 g/mol. The Balaban J connectivity index is 2.82. The first kappa shape index (κ1) is 10.2. The fourth-order valence-electron chi connectivity index (χ4n) is 1.20. The number of nitrogens with zero attached hydrogens (tertiary/aromatic N) is 1. The van der Waals surface area contributed by atoms with Crippen molar-refractivity contribution < 1.29 is 9.52 Å². The van der Waals surface area contributed by atoms with Crippen LogP contribution in [0, 0.1) is 6.92 Å². The molecule has 0 aliphatic heterocycles. The number of nitrogens with two attached hydrogens (primary N) is 1. The Morgan fingerprint density at radius 1 is 1.62 bits per heavy atom. The maximum atomic E-state index is 9.43. The zero-order valence-electron chi connectivity index (χ0n) is 8.08. The largest absolute Gasteiger partial charge is 0.443 e. The predicted molar refractivity (Wildman–Crippen MR) is 49.2 cm³/mol. The molecule has 1 atom stereocenters. The van der Waals surface area contributed by atoms with Gasteiger partial charge in [0.05, 0.1) is 5.69 Å². The third-order valence-electron chi connectivity index (χ3n) is 1.87. The Kier molecular flexibility index (Phi) is 3.45. The van der Waals surface area contributed by atoms with Gasteiger partial charge in [0.1, 0.15) is 6.10 Å². The first-order chi connectivity index (χ1) is 6.19. The van der Waals surface area contributed by atoms with Crippen molar-refractivity contribution in [1.82, 2.24) is 4.98 Å². The van der Waals surface area contributed by atoms with Gasteiger partial charge < -0.3 is 15.3 Å². The third kappa shape index (κ3) is 2.29. The zero-order valence-corrected chi connectivity index (χ0v) is 8.08. The van der Waals surface area contributed by atoms with Crippen LogP contribution >= 0.6 is 0 Å². The van der Waals surface area contributed by atoms with Crippen molar-refractivity contribution in [2.45, 2.75) is 32.8 Å². The van der Waals surface area contributed by atoms with Crippen LogP contribution in [0.15, 0.2) is 4.42 Å². The van der Waals surface area contributed by atoms with Crippen LogP contribution in [-0.2, 0) is 6.42 Å². The maximum Gasteiger partial charge on any atom is 0.194 e. The summed E-state index contributed by atoms with van der Waals surface area (Å²) in [4.78, 5) is 4.19. The number of rotatable bonds is 4. The van der Waals surface area contributed by atoms with E-state index in [0.717, 1.165) is 18.5 Å². The van der Waals surface area contributed by atoms with Gasteiger partial charge in [-0.15, -0.1) is 0 Å². The summed E-state index contributed by atoms with van der Waals surface area (Å²) < 4.78 is 5.37. The number of aliphatic hydroxyl groups is 1. The number of aryl methyl sites for hydroxylation is 2. The van der Waals surface area contributed by atoms with Gasteiger partial charge in [-0.25, -0.2) is 4.98 Å². The molecule has 1 aromatic heterocycles. The van der Waals surface area contributed by atoms with E-state index in [9.17, 15) is 5.11 Å². The Morgan fingerprint density at radius 2 is 2.31 bits per heavy atom. The Bertz CT molecular complexity index is 271. The monoisotopic (exact) mass is 184 g/mol. The molecule has 13 heavy (non-hydrogen) atoms. The van der Waals surface area contributed by atoms with Crippen molar-refractivity contribution in [3.63, 3.8) is 0 Å². The molecule has 0 saturated carbocycles. The van der Waals surface area contributed by atoms with E-state index in [-0.39, 0.29) is 6.54 Å². The van der Waals surface area contributed by atoms with Crippen molar-refractivity contribution >= 4 is 0 Å². The molecule has 0 aromatic carbocycles. The summed E-state index contributed by atoms with van der Waals surface area (Å²) in [7, 11) is 0. The summed E-state index contributed by atoms with van der Waals surface area (Å²) in [5.74, 6) is 1.19. The minimum absolute atomic E-state index is 0.168. The lowest BCUT2D eigenvalue weighted by Gasteiger charge is -2.02. The molecule has 4 nitrogen and oxygen atoms in total. The van der Waals surface area contributed by atoms with Crippen LogP contribution in [0.5, 0.6) is 0 Å². The zero-order chi connectivity index (χ0) is 9.84. The highest BCUT2D eigenvalue weighted by Crippen LogP contribution is 2.18. The summed E-state index contributed by atoms with van der Waals surface area (Å²) in [5.41, 5.74) is 6.06. The number of hydrogen-bond donors (Lipinski definition) is 2. The second-order valence-electron chi connectivity index (χ2n) is 3.06. The lowest BCUT2D eigenvalue weighted by atomic mass is 10.2. The fourth-order valence-corrected chi connectivity index (χ4v) is 1.20. The number of oxazole rings is 1. The van der Waals surface area contributed by atoms with Crippen LogP contribution in [0.25, 0.3) is 0 Å². The van der Waals surface area contributed by atoms with Crippen LogP contribution in [-0.4, -0.2) is 16.6 Å². The van der Waals surface area contributed by atoms with Crippen LogP contribution in [0.3, 0.4) is 0 Å². The minimum Gasteiger partial charge on any atom is -0.443 e. The minimum atomic E-state index is -0.724. The standard InChI is InChI=1S/C9H16N2O2/c1-3-4-8-11-6(2)9(13-8)7(12)5-10/h7,12H,3-5,10H2,1-2H3. The number of aromatic nitrogens is 1. The highest BCUT2D eigenvalue weighted by Gasteiger charge is 2.15. The van der Waals surface area contributed by atoms with E-state index in [1.807, 2.05) is 6.92 Å². The average molecular weight is 184 g/mol. The first-order valence-electron chi connectivity index (χ1n) is 4.53. The topological polar surface area (TPSA) is 72.3 Å². The predicted octanol–water partition coefficient (Wildman–Crippen LogP) is 0.928. The molecule has 0 aliphatic rings. The molecular formula is C9H16N2O2. The molecule has 1 aromatic rings. The van der Waals surface area contributed by atoms with Gasteiger partial charge in [-0.1, -0.05) is 6.92 Å². The Morgan fingerprint density at radius 3 is 2.85 bits per heavy atom. The third-order valence-corrected chi connectivity index (χ3v) is 1.87. The van der Waals surface area contributed by atoms with Crippen LogP contribution in [0.2, 0.25) is 0 Å². The molecule has 0 fully saturated rings. The number of aliphatic hydroxyl groups excluding tert-OH is 1. The van der Waals surface area contributed by atoms with Gasteiger partial charge in [0.25, 0.3) is 0 Å². The molecule has 0 spiro atoms. The van der Waals surface area contributed by atoms with Gasteiger partial charge in [-0.05, 0) is 13.3 Å². The second kappa shape index (κ2) is 4.39. The summed E-state index contributed by atoms with van der Waals surface area (Å²) >= 11 is 0. The average Bonchev–Trinajstić information content (AvgIpc) is 2.46. The van der Waals surface area contributed by atoms with Gasteiger partial charge in [0.15, 0.2) is 11.7 Å². The summed E-state index contributed by atoms with van der Waals surface area (Å²) in [5, 5.41) is 9.43. The molecule has 4 heteroatoms. The quantitative estimate of drug-likeness (QED) is 0.730. The van der Waals surface area contributed by atoms with E-state index in [4.69, 9.17) is 10.2 Å². The van der Waals surface area contributed by atoms with Gasteiger partial charge in [0, 0.05) is 13.0 Å². The van der Waals surface area contributed by atoms with Crippen molar-refractivity contribution in [1.29, 1.82) is 0 Å². The summed E-state index contributed by atoms with van der Waals surface area (Å²) in [6.07, 6.45) is 1.06. The van der Waals surface area contributed by atoms with Crippen LogP contribution in [0.1, 0.15) is 36.8 Å². The molecule has 1 unspecified atom stereocenters. The molecule has 0 radical (unpaired) electrons. The first-order valence-corrected chi connectivity index (χ1v) is 4.53. The van der Waals surface area contributed by atoms with E-state index in [2.05, 4.69) is 11.9 Å². The lowest BCUT2D eigenvalue weighted by molar-refractivity contribution is 0.155. The smallest absolute Gasteiger partial charge is 0.194 e. The van der Waals surface area contributed by atoms with E-state index >= 15 is 0 Å². The highest BCUT2D eigenvalue weighted by atomic mass is 16.4. The van der Waals surface area contributed by atoms with Crippen molar-refractivity contribution in [2.24, 2.45) is 5.73 Å². The van der Waals surface area contributed by atoms with Crippen LogP contribution in [0.4, 0.5) is 0 Å². The van der Waals surface area contributed by atoms with Gasteiger partial charge in [-0.3, -0.25) is 0 Å². The molecule has 0 aliphatic carbocycles. The normalized spacial score (nSPS) is 13.2. The summed E-state index contributed by atoms with van der Waals surface area (Å²) in [6, 6.07) is 0. The van der Waals surface area contributed by atoms with Crippen molar-refractivity contribution in [2.75, 3.05) is 6.54 Å². The summed E-state index contributed by atoms with van der Waals surface area (Å²) in [6.45, 7) is 4.04. The fraction of sp³-hybridized carbons (Fsp3) is 0.667. The Labute approximate surface area is 77.8 Å². The van der Waals surface area contributed by atoms with Gasteiger partial charge >= 0.3 is 0 Å². The van der Waals surface area contributed by atoms with Gasteiger partial charge in [-0.2, -0.15) is 0 Å². The van der Waals surface area contributed by atoms with Crippen molar-refractivity contribution in [3.05, 3.63) is 17.3 Å². The lowest BCUT2D eigenvalue weighted by Crippen LogP contribution is -2.11. The molecule has 3 N–H and O–H groups in total. The maximum absolute atomic E-state index is 9.43. The van der Waals surface area contributed by atoms with E-state index in [1.54, 1.807) is 0 Å².